The van der Waals surface area contributed by atoms with Gasteiger partial charge in [-0.3, -0.25) is 4.72 Å². The maximum Gasteiger partial charge on any atom is 0.261 e. The van der Waals surface area contributed by atoms with Crippen LogP contribution in [0.5, 0.6) is 0 Å². The topological polar surface area (TPSA) is 72.2 Å². The molecular formula is C14H14ClFN2O2S. The van der Waals surface area contributed by atoms with E-state index in [2.05, 4.69) is 4.72 Å². The number of nitrogens with one attached hydrogen (secondary N) is 1. The van der Waals surface area contributed by atoms with E-state index >= 15 is 0 Å². The highest BCUT2D eigenvalue weighted by molar-refractivity contribution is 7.92. The third-order valence-corrected chi connectivity index (χ3v) is 4.71. The third-order valence-electron chi connectivity index (χ3n) is 3.00. The largest absolute Gasteiger partial charge is 0.326 e. The Morgan fingerprint density at radius 3 is 2.57 bits per heavy atom. The van der Waals surface area contributed by atoms with E-state index in [1.54, 1.807) is 13.0 Å². The second kappa shape index (κ2) is 6.01. The van der Waals surface area contributed by atoms with Crippen LogP contribution >= 0.6 is 11.6 Å². The maximum absolute atomic E-state index is 13.2. The quantitative estimate of drug-likeness (QED) is 0.906. The first-order valence-electron chi connectivity index (χ1n) is 6.11. The van der Waals surface area contributed by atoms with E-state index in [1.807, 2.05) is 0 Å². The Kier molecular flexibility index (Phi) is 4.51. The predicted molar refractivity (Wildman–Crippen MR) is 81.3 cm³/mol. The lowest BCUT2D eigenvalue weighted by Gasteiger charge is -2.11. The number of hydrogen-bond donors (Lipinski definition) is 2. The lowest BCUT2D eigenvalue weighted by molar-refractivity contribution is 0.601. The number of benzene rings is 2. The first-order valence-corrected chi connectivity index (χ1v) is 7.97. The van der Waals surface area contributed by atoms with E-state index in [0.717, 1.165) is 6.07 Å². The van der Waals surface area contributed by atoms with Crippen molar-refractivity contribution in [2.45, 2.75) is 18.4 Å². The van der Waals surface area contributed by atoms with E-state index in [9.17, 15) is 12.8 Å². The van der Waals surface area contributed by atoms with Crippen LogP contribution in [0.3, 0.4) is 0 Å². The molecule has 0 saturated carbocycles. The van der Waals surface area contributed by atoms with Crippen LogP contribution in [0.15, 0.2) is 41.3 Å². The van der Waals surface area contributed by atoms with Crippen LogP contribution in [0.25, 0.3) is 0 Å². The predicted octanol–water partition coefficient (Wildman–Crippen LogP) is 3.05. The van der Waals surface area contributed by atoms with Gasteiger partial charge >= 0.3 is 0 Å². The number of nitrogens with two attached hydrogens (primary N) is 1. The fraction of sp³-hybridized carbons (Fsp3) is 0.143. The Balaban J connectivity index is 2.38. The van der Waals surface area contributed by atoms with Crippen molar-refractivity contribution < 1.29 is 12.8 Å². The van der Waals surface area contributed by atoms with Gasteiger partial charge in [-0.25, -0.2) is 12.8 Å². The van der Waals surface area contributed by atoms with Gasteiger partial charge < -0.3 is 5.73 Å². The summed E-state index contributed by atoms with van der Waals surface area (Å²) in [6.07, 6.45) is 0. The van der Waals surface area contributed by atoms with Crippen molar-refractivity contribution in [1.82, 2.24) is 0 Å². The molecule has 0 heterocycles. The van der Waals surface area contributed by atoms with Crippen LogP contribution in [0, 0.1) is 12.7 Å². The molecule has 0 aliphatic heterocycles. The summed E-state index contributed by atoms with van der Waals surface area (Å²) in [5.74, 6) is -0.519. The van der Waals surface area contributed by atoms with Crippen molar-refractivity contribution in [1.29, 1.82) is 0 Å². The molecule has 0 aliphatic carbocycles. The fourth-order valence-corrected chi connectivity index (χ4v) is 3.24. The number of aryl methyl sites for hydroxylation is 1. The van der Waals surface area contributed by atoms with Gasteiger partial charge in [0, 0.05) is 11.6 Å². The Bertz CT molecular complexity index is 779. The van der Waals surface area contributed by atoms with Crippen molar-refractivity contribution >= 4 is 27.3 Å². The van der Waals surface area contributed by atoms with Gasteiger partial charge in [0.05, 0.1) is 10.6 Å². The summed E-state index contributed by atoms with van der Waals surface area (Å²) in [4.78, 5) is -0.00615. The molecule has 0 unspecified atom stereocenters. The first kappa shape index (κ1) is 15.8. The number of halogens is 2. The number of sulfonamides is 1. The highest BCUT2D eigenvalue weighted by Crippen LogP contribution is 2.24. The normalized spacial score (nSPS) is 11.4. The zero-order valence-electron chi connectivity index (χ0n) is 11.2. The summed E-state index contributed by atoms with van der Waals surface area (Å²) in [6.45, 7) is 1.90. The number of rotatable bonds is 4. The second-order valence-corrected chi connectivity index (χ2v) is 6.61. The van der Waals surface area contributed by atoms with Gasteiger partial charge in [0.1, 0.15) is 5.82 Å². The molecular weight excluding hydrogens is 315 g/mol. The van der Waals surface area contributed by atoms with E-state index < -0.39 is 15.8 Å². The zero-order chi connectivity index (χ0) is 15.6. The second-order valence-electron chi connectivity index (χ2n) is 4.52. The number of hydrogen-bond acceptors (Lipinski definition) is 3. The smallest absolute Gasteiger partial charge is 0.261 e. The fourth-order valence-electron chi connectivity index (χ4n) is 1.77. The molecule has 0 spiro atoms. The van der Waals surface area contributed by atoms with Gasteiger partial charge in [-0.15, -0.1) is 0 Å². The Hall–Kier alpha value is -1.63. The van der Waals surface area contributed by atoms with Gasteiger partial charge in [-0.1, -0.05) is 23.7 Å². The number of anilines is 1. The molecule has 0 atom stereocenters. The van der Waals surface area contributed by atoms with Gasteiger partial charge in [0.2, 0.25) is 0 Å². The molecule has 21 heavy (non-hydrogen) atoms. The van der Waals surface area contributed by atoms with Crippen LogP contribution in [-0.2, 0) is 16.6 Å². The highest BCUT2D eigenvalue weighted by atomic mass is 35.5. The van der Waals surface area contributed by atoms with E-state index in [1.165, 1.54) is 24.3 Å². The average Bonchev–Trinajstić information content (AvgIpc) is 2.42. The monoisotopic (exact) mass is 328 g/mol. The molecule has 7 heteroatoms. The minimum atomic E-state index is -3.84. The average molecular weight is 329 g/mol. The van der Waals surface area contributed by atoms with Crippen molar-refractivity contribution in [3.63, 3.8) is 0 Å². The summed E-state index contributed by atoms with van der Waals surface area (Å²) < 4.78 is 40.2. The molecule has 0 aliphatic rings. The zero-order valence-corrected chi connectivity index (χ0v) is 12.8. The molecule has 2 aromatic carbocycles. The molecule has 0 aromatic heterocycles. The molecule has 2 rings (SSSR count). The molecule has 4 nitrogen and oxygen atoms in total. The molecule has 0 radical (unpaired) electrons. The Morgan fingerprint density at radius 2 is 1.95 bits per heavy atom. The lowest BCUT2D eigenvalue weighted by atomic mass is 10.2. The molecule has 0 saturated heterocycles. The van der Waals surface area contributed by atoms with Gasteiger partial charge in [-0.05, 0) is 42.3 Å². The SMILES string of the molecule is Cc1ccc(F)cc1NS(=O)(=O)c1ccc(CN)c(Cl)c1. The first-order chi connectivity index (χ1) is 9.83. The lowest BCUT2D eigenvalue weighted by Crippen LogP contribution is -2.14. The van der Waals surface area contributed by atoms with Crippen LogP contribution in [0.1, 0.15) is 11.1 Å². The van der Waals surface area contributed by atoms with Gasteiger partial charge in [0.25, 0.3) is 10.0 Å². The summed E-state index contributed by atoms with van der Waals surface area (Å²) in [5.41, 5.74) is 6.93. The van der Waals surface area contributed by atoms with Crippen LogP contribution < -0.4 is 10.5 Å². The van der Waals surface area contributed by atoms with E-state index in [4.69, 9.17) is 17.3 Å². The molecule has 0 amide bonds. The molecule has 0 fully saturated rings. The third kappa shape index (κ3) is 3.53. The van der Waals surface area contributed by atoms with Gasteiger partial charge in [-0.2, -0.15) is 0 Å². The molecule has 0 bridgehead atoms. The van der Waals surface area contributed by atoms with Crippen molar-refractivity contribution in [2.75, 3.05) is 4.72 Å². The minimum absolute atomic E-state index is 0.00615. The summed E-state index contributed by atoms with van der Waals surface area (Å²) in [5, 5.41) is 0.274. The standard InChI is InChI=1S/C14H14ClFN2O2S/c1-9-2-4-11(16)6-14(9)18-21(19,20)12-5-3-10(8-17)13(15)7-12/h2-7,18H,8,17H2,1H3. The molecule has 3 N–H and O–H groups in total. The van der Waals surface area contributed by atoms with Crippen molar-refractivity contribution in [3.8, 4) is 0 Å². The Morgan fingerprint density at radius 1 is 1.24 bits per heavy atom. The van der Waals surface area contributed by atoms with Crippen LogP contribution in [0.4, 0.5) is 10.1 Å². The maximum atomic E-state index is 13.2. The summed E-state index contributed by atoms with van der Waals surface area (Å²) in [6, 6.07) is 8.17. The summed E-state index contributed by atoms with van der Waals surface area (Å²) in [7, 11) is -3.84. The van der Waals surface area contributed by atoms with Crippen molar-refractivity contribution in [2.24, 2.45) is 5.73 Å². The molecule has 2 aromatic rings. The Labute approximate surface area is 127 Å². The van der Waals surface area contributed by atoms with Crippen LogP contribution in [0.2, 0.25) is 5.02 Å². The summed E-state index contributed by atoms with van der Waals surface area (Å²) >= 11 is 5.96. The van der Waals surface area contributed by atoms with Crippen LogP contribution in [-0.4, -0.2) is 8.42 Å². The van der Waals surface area contributed by atoms with Gasteiger partial charge in [0.15, 0.2) is 0 Å². The molecule has 112 valence electrons. The van der Waals surface area contributed by atoms with Crippen molar-refractivity contribution in [3.05, 3.63) is 58.4 Å². The van der Waals surface area contributed by atoms with E-state index in [-0.39, 0.29) is 22.2 Å². The van der Waals surface area contributed by atoms with E-state index in [0.29, 0.717) is 11.1 Å². The minimum Gasteiger partial charge on any atom is -0.326 e. The highest BCUT2D eigenvalue weighted by Gasteiger charge is 2.17.